The second-order valence-corrected chi connectivity index (χ2v) is 5.21. The van der Waals surface area contributed by atoms with Gasteiger partial charge in [-0.05, 0) is 49.4 Å². The minimum Gasteiger partial charge on any atom is -0.328 e. The van der Waals surface area contributed by atoms with E-state index in [1.165, 1.54) is 12.1 Å². The summed E-state index contributed by atoms with van der Waals surface area (Å²) >= 11 is 5.81. The molecular formula is C13H18ClFN2. The average Bonchev–Trinajstić information content (AvgIpc) is 2.27. The van der Waals surface area contributed by atoms with E-state index in [1.54, 1.807) is 6.07 Å². The fraction of sp³-hybridized carbons (Fsp3) is 0.538. The summed E-state index contributed by atoms with van der Waals surface area (Å²) in [5, 5.41) is 3.88. The van der Waals surface area contributed by atoms with E-state index in [4.69, 9.17) is 17.3 Å². The van der Waals surface area contributed by atoms with Crippen LogP contribution in [0.25, 0.3) is 0 Å². The van der Waals surface area contributed by atoms with Gasteiger partial charge in [0.05, 0.1) is 0 Å². The van der Waals surface area contributed by atoms with Crippen molar-refractivity contribution in [2.45, 2.75) is 44.3 Å². The molecule has 1 aliphatic carbocycles. The second kappa shape index (κ2) is 5.80. The van der Waals surface area contributed by atoms with Gasteiger partial charge >= 0.3 is 0 Å². The summed E-state index contributed by atoms with van der Waals surface area (Å²) in [5.41, 5.74) is 6.74. The maximum absolute atomic E-state index is 13.1. The lowest BCUT2D eigenvalue weighted by atomic mass is 9.92. The van der Waals surface area contributed by atoms with E-state index in [9.17, 15) is 4.39 Å². The smallest absolute Gasteiger partial charge is 0.125 e. The molecule has 0 unspecified atom stereocenters. The van der Waals surface area contributed by atoms with E-state index in [1.807, 2.05) is 0 Å². The van der Waals surface area contributed by atoms with Crippen LogP contribution in [0.1, 0.15) is 31.2 Å². The van der Waals surface area contributed by atoms with Crippen molar-refractivity contribution in [2.75, 3.05) is 0 Å². The molecule has 1 aromatic carbocycles. The number of nitrogens with one attached hydrogen (secondary N) is 1. The molecular weight excluding hydrogens is 239 g/mol. The van der Waals surface area contributed by atoms with Crippen molar-refractivity contribution in [3.63, 3.8) is 0 Å². The summed E-state index contributed by atoms with van der Waals surface area (Å²) in [5.74, 6) is -0.278. The molecule has 0 amide bonds. The van der Waals surface area contributed by atoms with Crippen molar-refractivity contribution in [2.24, 2.45) is 5.73 Å². The van der Waals surface area contributed by atoms with Crippen LogP contribution in [0, 0.1) is 5.82 Å². The van der Waals surface area contributed by atoms with E-state index < -0.39 is 0 Å². The summed E-state index contributed by atoms with van der Waals surface area (Å²) in [7, 11) is 0. The first kappa shape index (κ1) is 12.8. The van der Waals surface area contributed by atoms with Gasteiger partial charge in [-0.15, -0.1) is 0 Å². The van der Waals surface area contributed by atoms with Crippen molar-refractivity contribution in [1.29, 1.82) is 0 Å². The molecule has 1 fully saturated rings. The highest BCUT2D eigenvalue weighted by Gasteiger charge is 2.17. The van der Waals surface area contributed by atoms with Gasteiger partial charge in [0.2, 0.25) is 0 Å². The first-order chi connectivity index (χ1) is 8.13. The molecule has 3 N–H and O–H groups in total. The molecule has 0 atom stereocenters. The number of halogens is 2. The van der Waals surface area contributed by atoms with Crippen molar-refractivity contribution in [1.82, 2.24) is 5.32 Å². The molecule has 0 saturated heterocycles. The summed E-state index contributed by atoms with van der Waals surface area (Å²) in [4.78, 5) is 0. The lowest BCUT2D eigenvalue weighted by molar-refractivity contribution is 0.341. The Morgan fingerprint density at radius 1 is 1.24 bits per heavy atom. The maximum Gasteiger partial charge on any atom is 0.125 e. The van der Waals surface area contributed by atoms with Crippen LogP contribution in [0.5, 0.6) is 0 Å². The minimum absolute atomic E-state index is 0.278. The predicted molar refractivity (Wildman–Crippen MR) is 68.5 cm³/mol. The van der Waals surface area contributed by atoms with Crippen LogP contribution in [-0.4, -0.2) is 12.1 Å². The highest BCUT2D eigenvalue weighted by Crippen LogP contribution is 2.18. The van der Waals surface area contributed by atoms with Crippen LogP contribution >= 0.6 is 11.6 Å². The molecule has 1 saturated carbocycles. The molecule has 0 radical (unpaired) electrons. The van der Waals surface area contributed by atoms with Gasteiger partial charge in [0.25, 0.3) is 0 Å². The summed E-state index contributed by atoms with van der Waals surface area (Å²) in [6, 6.07) is 5.50. The van der Waals surface area contributed by atoms with Crippen molar-refractivity contribution in [3.8, 4) is 0 Å². The first-order valence-electron chi connectivity index (χ1n) is 6.07. The molecule has 0 aliphatic heterocycles. The lowest BCUT2D eigenvalue weighted by Gasteiger charge is -2.27. The quantitative estimate of drug-likeness (QED) is 0.873. The molecule has 2 rings (SSSR count). The monoisotopic (exact) mass is 256 g/mol. The van der Waals surface area contributed by atoms with Crippen LogP contribution in [0.15, 0.2) is 18.2 Å². The third-order valence-electron chi connectivity index (χ3n) is 3.29. The summed E-state index contributed by atoms with van der Waals surface area (Å²) < 4.78 is 13.1. The molecule has 0 aromatic heterocycles. The van der Waals surface area contributed by atoms with Gasteiger partial charge in [-0.2, -0.15) is 0 Å². The zero-order valence-corrected chi connectivity index (χ0v) is 10.5. The van der Waals surface area contributed by atoms with Crippen molar-refractivity contribution in [3.05, 3.63) is 34.6 Å². The van der Waals surface area contributed by atoms with Gasteiger partial charge in [0, 0.05) is 23.7 Å². The van der Waals surface area contributed by atoms with E-state index in [2.05, 4.69) is 5.32 Å². The summed E-state index contributed by atoms with van der Waals surface area (Å²) in [6.45, 7) is 0.664. The second-order valence-electron chi connectivity index (χ2n) is 4.77. The van der Waals surface area contributed by atoms with Crippen LogP contribution in [0.3, 0.4) is 0 Å². The Labute approximate surface area is 106 Å². The van der Waals surface area contributed by atoms with Crippen LogP contribution in [0.2, 0.25) is 5.02 Å². The van der Waals surface area contributed by atoms with Crippen LogP contribution in [-0.2, 0) is 6.54 Å². The Bertz CT molecular complexity index is 355. The third kappa shape index (κ3) is 3.95. The molecule has 0 spiro atoms. The fourth-order valence-corrected chi connectivity index (χ4v) is 2.54. The zero-order valence-electron chi connectivity index (χ0n) is 9.76. The molecule has 4 heteroatoms. The number of hydrogen-bond acceptors (Lipinski definition) is 2. The van der Waals surface area contributed by atoms with E-state index in [-0.39, 0.29) is 5.82 Å². The molecule has 2 nitrogen and oxygen atoms in total. The highest BCUT2D eigenvalue weighted by atomic mass is 35.5. The number of nitrogens with two attached hydrogens (primary N) is 1. The van der Waals surface area contributed by atoms with Crippen LogP contribution in [0.4, 0.5) is 4.39 Å². The van der Waals surface area contributed by atoms with Gasteiger partial charge in [0.1, 0.15) is 5.82 Å². The lowest BCUT2D eigenvalue weighted by Crippen LogP contribution is -2.37. The zero-order chi connectivity index (χ0) is 12.3. The number of benzene rings is 1. The Balaban J connectivity index is 1.85. The minimum atomic E-state index is -0.278. The Morgan fingerprint density at radius 3 is 2.59 bits per heavy atom. The maximum atomic E-state index is 13.1. The largest absolute Gasteiger partial charge is 0.328 e. The molecule has 17 heavy (non-hydrogen) atoms. The third-order valence-corrected chi connectivity index (χ3v) is 3.51. The van der Waals surface area contributed by atoms with Crippen molar-refractivity contribution < 1.29 is 4.39 Å². The van der Waals surface area contributed by atoms with Crippen molar-refractivity contribution >= 4 is 11.6 Å². The molecule has 0 bridgehead atoms. The van der Waals surface area contributed by atoms with Gasteiger partial charge in [0.15, 0.2) is 0 Å². The number of rotatable bonds is 3. The predicted octanol–water partition coefficient (Wildman–Crippen LogP) is 2.84. The Morgan fingerprint density at radius 2 is 1.94 bits per heavy atom. The van der Waals surface area contributed by atoms with Gasteiger partial charge in [-0.1, -0.05) is 11.6 Å². The molecule has 1 aliphatic rings. The molecule has 1 aromatic rings. The van der Waals surface area contributed by atoms with E-state index in [0.717, 1.165) is 31.2 Å². The SMILES string of the molecule is NC1CCC(NCc2cc(F)cc(Cl)c2)CC1. The van der Waals surface area contributed by atoms with Gasteiger partial charge in [-0.3, -0.25) is 0 Å². The van der Waals surface area contributed by atoms with E-state index >= 15 is 0 Å². The molecule has 94 valence electrons. The van der Waals surface area contributed by atoms with Crippen LogP contribution < -0.4 is 11.1 Å². The molecule has 0 heterocycles. The van der Waals surface area contributed by atoms with Gasteiger partial charge < -0.3 is 11.1 Å². The first-order valence-corrected chi connectivity index (χ1v) is 6.45. The number of hydrogen-bond donors (Lipinski definition) is 2. The summed E-state index contributed by atoms with van der Waals surface area (Å²) in [6.07, 6.45) is 4.34. The fourth-order valence-electron chi connectivity index (χ4n) is 2.30. The topological polar surface area (TPSA) is 38.0 Å². The van der Waals surface area contributed by atoms with Gasteiger partial charge in [-0.25, -0.2) is 4.39 Å². The van der Waals surface area contributed by atoms with E-state index in [0.29, 0.717) is 23.7 Å². The highest BCUT2D eigenvalue weighted by molar-refractivity contribution is 6.30. The Hall–Kier alpha value is -0.640. The normalized spacial score (nSPS) is 24.9. The standard InChI is InChI=1S/C13H18ClFN2/c14-10-5-9(6-11(15)7-10)8-17-13-3-1-12(16)2-4-13/h5-7,12-13,17H,1-4,8,16H2. The Kier molecular flexibility index (Phi) is 4.37. The average molecular weight is 257 g/mol.